The predicted octanol–water partition coefficient (Wildman–Crippen LogP) is 3.42. The van der Waals surface area contributed by atoms with Crippen LogP contribution in [0.15, 0.2) is 0 Å². The van der Waals surface area contributed by atoms with Gasteiger partial charge in [-0.2, -0.15) is 0 Å². The van der Waals surface area contributed by atoms with E-state index in [9.17, 15) is 0 Å². The van der Waals surface area contributed by atoms with Crippen LogP contribution in [0.3, 0.4) is 0 Å². The highest BCUT2D eigenvalue weighted by molar-refractivity contribution is 4.97. The Morgan fingerprint density at radius 1 is 1.11 bits per heavy atom. The second-order valence-electron chi connectivity index (χ2n) is 6.74. The third kappa shape index (κ3) is 3.71. The van der Waals surface area contributed by atoms with Gasteiger partial charge < -0.3 is 5.32 Å². The lowest BCUT2D eigenvalue weighted by Gasteiger charge is -2.39. The van der Waals surface area contributed by atoms with Gasteiger partial charge in [-0.15, -0.1) is 0 Å². The first-order valence-corrected chi connectivity index (χ1v) is 8.19. The number of unbranched alkanes of at least 4 members (excludes halogenated alkanes) is 1. The maximum absolute atomic E-state index is 3.66. The van der Waals surface area contributed by atoms with Crippen molar-refractivity contribution >= 4 is 0 Å². The van der Waals surface area contributed by atoms with Crippen LogP contribution in [0.5, 0.6) is 0 Å². The molecule has 2 heterocycles. The van der Waals surface area contributed by atoms with Crippen molar-refractivity contribution in [3.63, 3.8) is 0 Å². The van der Waals surface area contributed by atoms with Crippen LogP contribution in [0.4, 0.5) is 0 Å². The highest BCUT2D eigenvalue weighted by atomic mass is 15.2. The van der Waals surface area contributed by atoms with Crippen molar-refractivity contribution < 1.29 is 0 Å². The summed E-state index contributed by atoms with van der Waals surface area (Å²) in [5.74, 6) is 0.876. The number of nitrogens with zero attached hydrogens (tertiary/aromatic N) is 1. The molecule has 2 bridgehead atoms. The van der Waals surface area contributed by atoms with E-state index in [2.05, 4.69) is 31.0 Å². The zero-order valence-electron chi connectivity index (χ0n) is 12.6. The summed E-state index contributed by atoms with van der Waals surface area (Å²) in [7, 11) is 0. The van der Waals surface area contributed by atoms with Gasteiger partial charge in [-0.05, 0) is 51.1 Å². The molecule has 18 heavy (non-hydrogen) atoms. The number of hydrogen-bond acceptors (Lipinski definition) is 2. The largest absolute Gasteiger partial charge is 0.314 e. The molecule has 1 N–H and O–H groups in total. The van der Waals surface area contributed by atoms with E-state index >= 15 is 0 Å². The van der Waals surface area contributed by atoms with Crippen LogP contribution in [-0.2, 0) is 0 Å². The highest BCUT2D eigenvalue weighted by Crippen LogP contribution is 2.35. The van der Waals surface area contributed by atoms with Crippen LogP contribution in [0.1, 0.15) is 65.7 Å². The van der Waals surface area contributed by atoms with Gasteiger partial charge in [0, 0.05) is 18.1 Å². The predicted molar refractivity (Wildman–Crippen MR) is 78.9 cm³/mol. The molecule has 0 saturated carbocycles. The third-order valence-corrected chi connectivity index (χ3v) is 4.82. The fourth-order valence-electron chi connectivity index (χ4n) is 3.94. The molecule has 2 fully saturated rings. The van der Waals surface area contributed by atoms with Gasteiger partial charge >= 0.3 is 0 Å². The normalized spacial score (nSPS) is 32.3. The maximum atomic E-state index is 3.66. The smallest absolute Gasteiger partial charge is 0.0114 e. The molecule has 2 unspecified atom stereocenters. The number of nitrogens with one attached hydrogen (secondary N) is 1. The lowest BCUT2D eigenvalue weighted by molar-refractivity contribution is 0.115. The Balaban J connectivity index is 1.71. The molecule has 0 radical (unpaired) electrons. The Kier molecular flexibility index (Phi) is 5.50. The molecule has 0 aliphatic carbocycles. The molecule has 2 aliphatic heterocycles. The molecule has 0 aromatic carbocycles. The SMILES string of the molecule is CCNC1CC2CCC(C1)N2CCCCC(C)C. The van der Waals surface area contributed by atoms with Gasteiger partial charge in [0.15, 0.2) is 0 Å². The average molecular weight is 252 g/mol. The molecule has 2 aliphatic rings. The van der Waals surface area contributed by atoms with Gasteiger partial charge in [0.1, 0.15) is 0 Å². The molecule has 2 atom stereocenters. The van der Waals surface area contributed by atoms with Crippen molar-refractivity contribution in [2.75, 3.05) is 13.1 Å². The van der Waals surface area contributed by atoms with Crippen molar-refractivity contribution in [3.8, 4) is 0 Å². The molecule has 2 heteroatoms. The zero-order chi connectivity index (χ0) is 13.0. The van der Waals surface area contributed by atoms with Crippen molar-refractivity contribution in [1.82, 2.24) is 10.2 Å². The molecule has 0 amide bonds. The summed E-state index contributed by atoms with van der Waals surface area (Å²) >= 11 is 0. The summed E-state index contributed by atoms with van der Waals surface area (Å²) in [5, 5.41) is 3.66. The number of hydrogen-bond donors (Lipinski definition) is 1. The van der Waals surface area contributed by atoms with E-state index in [4.69, 9.17) is 0 Å². The van der Waals surface area contributed by atoms with Crippen molar-refractivity contribution in [2.45, 2.75) is 83.8 Å². The lowest BCUT2D eigenvalue weighted by Crippen LogP contribution is -2.49. The second-order valence-corrected chi connectivity index (χ2v) is 6.74. The number of rotatable bonds is 7. The van der Waals surface area contributed by atoms with Crippen molar-refractivity contribution in [2.24, 2.45) is 5.92 Å². The van der Waals surface area contributed by atoms with Gasteiger partial charge in [-0.25, -0.2) is 0 Å². The average Bonchev–Trinajstić information content (AvgIpc) is 2.57. The molecular formula is C16H32N2. The first-order valence-electron chi connectivity index (χ1n) is 8.19. The molecule has 2 rings (SSSR count). The van der Waals surface area contributed by atoms with E-state index in [-0.39, 0.29) is 0 Å². The number of fused-ring (bicyclic) bond motifs is 2. The summed E-state index contributed by atoms with van der Waals surface area (Å²) in [6.45, 7) is 9.41. The van der Waals surface area contributed by atoms with Crippen LogP contribution < -0.4 is 5.32 Å². The summed E-state index contributed by atoms with van der Waals surface area (Å²) in [6, 6.07) is 2.60. The monoisotopic (exact) mass is 252 g/mol. The first kappa shape index (κ1) is 14.3. The Morgan fingerprint density at radius 3 is 2.33 bits per heavy atom. The van der Waals surface area contributed by atoms with E-state index in [1.54, 1.807) is 0 Å². The van der Waals surface area contributed by atoms with E-state index in [1.807, 2.05) is 0 Å². The topological polar surface area (TPSA) is 15.3 Å². The maximum Gasteiger partial charge on any atom is 0.0114 e. The first-order chi connectivity index (χ1) is 8.70. The summed E-state index contributed by atoms with van der Waals surface area (Å²) in [6.07, 6.45) is 9.95. The molecule has 2 saturated heterocycles. The van der Waals surface area contributed by atoms with Crippen LogP contribution in [0, 0.1) is 5.92 Å². The highest BCUT2D eigenvalue weighted by Gasteiger charge is 2.39. The lowest BCUT2D eigenvalue weighted by atomic mass is 9.96. The fraction of sp³-hybridized carbons (Fsp3) is 1.00. The van der Waals surface area contributed by atoms with Crippen LogP contribution in [-0.4, -0.2) is 36.1 Å². The molecule has 0 aromatic heterocycles. The van der Waals surface area contributed by atoms with E-state index in [0.717, 1.165) is 30.6 Å². The van der Waals surface area contributed by atoms with Crippen LogP contribution >= 0.6 is 0 Å². The molecule has 0 aromatic rings. The molecule has 106 valence electrons. The molecule has 0 spiro atoms. The van der Waals surface area contributed by atoms with Crippen molar-refractivity contribution in [3.05, 3.63) is 0 Å². The molecule has 2 nitrogen and oxygen atoms in total. The standard InChI is InChI=1S/C16H32N2/c1-4-17-14-11-15-8-9-16(12-14)18(15)10-6-5-7-13(2)3/h13-17H,4-12H2,1-3H3. The Morgan fingerprint density at radius 2 is 1.78 bits per heavy atom. The van der Waals surface area contributed by atoms with Crippen LogP contribution in [0.25, 0.3) is 0 Å². The van der Waals surface area contributed by atoms with Gasteiger partial charge in [-0.1, -0.05) is 33.6 Å². The van der Waals surface area contributed by atoms with Gasteiger partial charge in [-0.3, -0.25) is 4.90 Å². The second kappa shape index (κ2) is 6.91. The summed E-state index contributed by atoms with van der Waals surface area (Å²) < 4.78 is 0. The van der Waals surface area contributed by atoms with Gasteiger partial charge in [0.2, 0.25) is 0 Å². The van der Waals surface area contributed by atoms with Gasteiger partial charge in [0.05, 0.1) is 0 Å². The third-order valence-electron chi connectivity index (χ3n) is 4.82. The fourth-order valence-corrected chi connectivity index (χ4v) is 3.94. The van der Waals surface area contributed by atoms with Gasteiger partial charge in [0.25, 0.3) is 0 Å². The van der Waals surface area contributed by atoms with E-state index in [0.29, 0.717) is 0 Å². The Labute approximate surface area is 114 Å². The van der Waals surface area contributed by atoms with E-state index < -0.39 is 0 Å². The molecular weight excluding hydrogens is 220 g/mol. The van der Waals surface area contributed by atoms with Crippen LogP contribution in [0.2, 0.25) is 0 Å². The minimum atomic E-state index is 0.805. The number of piperidine rings is 1. The minimum Gasteiger partial charge on any atom is -0.314 e. The summed E-state index contributed by atoms with van der Waals surface area (Å²) in [5.41, 5.74) is 0. The van der Waals surface area contributed by atoms with Crippen molar-refractivity contribution in [1.29, 1.82) is 0 Å². The minimum absolute atomic E-state index is 0.805. The summed E-state index contributed by atoms with van der Waals surface area (Å²) in [4.78, 5) is 2.84. The Bertz CT molecular complexity index is 225. The Hall–Kier alpha value is -0.0800. The zero-order valence-corrected chi connectivity index (χ0v) is 12.6. The van der Waals surface area contributed by atoms with E-state index in [1.165, 1.54) is 51.5 Å². The quantitative estimate of drug-likeness (QED) is 0.699.